The molecule has 7 nitrogen and oxygen atoms in total. The molecule has 0 saturated carbocycles. The SMILES string of the molecule is COc1cccc([C@@H]2SCCN2C(=O)c2cccc([N+](=O)[O-])c2)c1OC. The van der Waals surface area contributed by atoms with E-state index in [4.69, 9.17) is 9.47 Å². The number of carbonyl (C=O) groups is 1. The van der Waals surface area contributed by atoms with Crippen molar-refractivity contribution in [3.8, 4) is 11.5 Å². The standard InChI is InChI=1S/C18H18N2O5S/c1-24-15-8-4-7-14(16(15)25-2)18-19(9-10-26-18)17(21)12-5-3-6-13(11-12)20(22)23/h3-8,11,18H,9-10H2,1-2H3/t18-/m0/s1. The molecule has 0 unspecified atom stereocenters. The molecule has 1 atom stereocenters. The number of thioether (sulfide) groups is 1. The monoisotopic (exact) mass is 374 g/mol. The molecule has 1 fully saturated rings. The van der Waals surface area contributed by atoms with Crippen LogP contribution in [0.4, 0.5) is 5.69 Å². The van der Waals surface area contributed by atoms with Gasteiger partial charge in [-0.2, -0.15) is 0 Å². The van der Waals surface area contributed by atoms with Crippen molar-refractivity contribution >= 4 is 23.4 Å². The number of hydrogen-bond acceptors (Lipinski definition) is 6. The maximum atomic E-state index is 13.0. The van der Waals surface area contributed by atoms with Gasteiger partial charge in [-0.1, -0.05) is 18.2 Å². The minimum atomic E-state index is -0.502. The minimum Gasteiger partial charge on any atom is -0.493 e. The van der Waals surface area contributed by atoms with Gasteiger partial charge < -0.3 is 14.4 Å². The van der Waals surface area contributed by atoms with E-state index in [9.17, 15) is 14.9 Å². The molecule has 2 aromatic carbocycles. The Morgan fingerprint density at radius 3 is 2.69 bits per heavy atom. The van der Waals surface area contributed by atoms with Gasteiger partial charge in [-0.3, -0.25) is 14.9 Å². The van der Waals surface area contributed by atoms with Crippen LogP contribution < -0.4 is 9.47 Å². The summed E-state index contributed by atoms with van der Waals surface area (Å²) >= 11 is 1.62. The van der Waals surface area contributed by atoms with Crippen LogP contribution in [0.25, 0.3) is 0 Å². The number of nitro benzene ring substituents is 1. The number of amides is 1. The lowest BCUT2D eigenvalue weighted by atomic mass is 10.1. The van der Waals surface area contributed by atoms with Gasteiger partial charge in [-0.25, -0.2) is 0 Å². The summed E-state index contributed by atoms with van der Waals surface area (Å²) in [5, 5.41) is 10.7. The number of methoxy groups -OCH3 is 2. The molecule has 1 saturated heterocycles. The third-order valence-corrected chi connectivity index (χ3v) is 5.40. The first-order valence-electron chi connectivity index (χ1n) is 7.94. The Balaban J connectivity index is 1.95. The maximum absolute atomic E-state index is 13.0. The number of carbonyl (C=O) groups excluding carboxylic acids is 1. The van der Waals surface area contributed by atoms with E-state index >= 15 is 0 Å². The van der Waals surface area contributed by atoms with Crippen molar-refractivity contribution in [3.05, 3.63) is 63.7 Å². The van der Waals surface area contributed by atoms with Gasteiger partial charge in [0.1, 0.15) is 5.37 Å². The van der Waals surface area contributed by atoms with Crippen molar-refractivity contribution in [2.24, 2.45) is 0 Å². The van der Waals surface area contributed by atoms with Crippen LogP contribution in [0.2, 0.25) is 0 Å². The summed E-state index contributed by atoms with van der Waals surface area (Å²) in [6.07, 6.45) is 0. The fraction of sp³-hybridized carbons (Fsp3) is 0.278. The van der Waals surface area contributed by atoms with Crippen LogP contribution in [0.3, 0.4) is 0 Å². The lowest BCUT2D eigenvalue weighted by molar-refractivity contribution is -0.384. The van der Waals surface area contributed by atoms with Gasteiger partial charge in [0.05, 0.1) is 19.1 Å². The highest BCUT2D eigenvalue weighted by atomic mass is 32.2. The first-order chi connectivity index (χ1) is 12.6. The molecule has 136 valence electrons. The summed E-state index contributed by atoms with van der Waals surface area (Å²) in [4.78, 5) is 25.2. The van der Waals surface area contributed by atoms with Crippen LogP contribution in [-0.4, -0.2) is 42.2 Å². The summed E-state index contributed by atoms with van der Waals surface area (Å²) in [5.74, 6) is 1.71. The normalized spacial score (nSPS) is 16.4. The van der Waals surface area contributed by atoms with Crippen LogP contribution >= 0.6 is 11.8 Å². The first-order valence-corrected chi connectivity index (χ1v) is 8.99. The number of hydrogen-bond donors (Lipinski definition) is 0. The number of para-hydroxylation sites is 1. The molecule has 1 heterocycles. The fourth-order valence-electron chi connectivity index (χ4n) is 2.96. The summed E-state index contributed by atoms with van der Waals surface area (Å²) in [7, 11) is 3.13. The van der Waals surface area contributed by atoms with E-state index in [1.54, 1.807) is 43.0 Å². The molecular weight excluding hydrogens is 356 g/mol. The van der Waals surface area contributed by atoms with Gasteiger partial charge in [0.15, 0.2) is 11.5 Å². The zero-order valence-electron chi connectivity index (χ0n) is 14.4. The third-order valence-electron chi connectivity index (χ3n) is 4.16. The van der Waals surface area contributed by atoms with Crippen LogP contribution in [0, 0.1) is 10.1 Å². The van der Waals surface area contributed by atoms with Gasteiger partial charge in [0.25, 0.3) is 11.6 Å². The van der Waals surface area contributed by atoms with Crippen LogP contribution in [-0.2, 0) is 0 Å². The summed E-state index contributed by atoms with van der Waals surface area (Å²) in [6, 6.07) is 11.4. The molecule has 0 spiro atoms. The van der Waals surface area contributed by atoms with Crippen LogP contribution in [0.1, 0.15) is 21.3 Å². The average molecular weight is 374 g/mol. The van der Waals surface area contributed by atoms with E-state index in [1.807, 2.05) is 12.1 Å². The molecule has 0 bridgehead atoms. The number of ether oxygens (including phenoxy) is 2. The molecular formula is C18H18N2O5S. The molecule has 1 amide bonds. The van der Waals surface area contributed by atoms with Crippen molar-refractivity contribution in [1.82, 2.24) is 4.90 Å². The van der Waals surface area contributed by atoms with Crippen molar-refractivity contribution in [3.63, 3.8) is 0 Å². The number of non-ortho nitro benzene ring substituents is 1. The van der Waals surface area contributed by atoms with Crippen molar-refractivity contribution < 1.29 is 19.2 Å². The molecule has 8 heteroatoms. The highest BCUT2D eigenvalue weighted by molar-refractivity contribution is 7.99. The van der Waals surface area contributed by atoms with E-state index in [0.29, 0.717) is 23.6 Å². The lowest BCUT2D eigenvalue weighted by Gasteiger charge is -2.26. The Labute approximate surface area is 155 Å². The van der Waals surface area contributed by atoms with Gasteiger partial charge in [-0.15, -0.1) is 11.8 Å². The number of nitrogens with zero attached hydrogens (tertiary/aromatic N) is 2. The largest absolute Gasteiger partial charge is 0.493 e. The Hall–Kier alpha value is -2.74. The molecule has 3 rings (SSSR count). The van der Waals surface area contributed by atoms with E-state index in [-0.39, 0.29) is 17.0 Å². The second-order valence-corrected chi connectivity index (χ2v) is 6.80. The molecule has 0 aromatic heterocycles. The van der Waals surface area contributed by atoms with Crippen molar-refractivity contribution in [1.29, 1.82) is 0 Å². The Morgan fingerprint density at radius 2 is 2.00 bits per heavy atom. The molecule has 2 aromatic rings. The molecule has 0 aliphatic carbocycles. The van der Waals surface area contributed by atoms with E-state index in [0.717, 1.165) is 11.3 Å². The predicted molar refractivity (Wildman–Crippen MR) is 98.9 cm³/mol. The van der Waals surface area contributed by atoms with Gasteiger partial charge in [0, 0.05) is 35.6 Å². The summed E-state index contributed by atoms with van der Waals surface area (Å²) < 4.78 is 10.8. The number of rotatable bonds is 5. The Morgan fingerprint density at radius 1 is 1.23 bits per heavy atom. The second-order valence-electron chi connectivity index (χ2n) is 5.61. The summed E-state index contributed by atoms with van der Waals surface area (Å²) in [6.45, 7) is 0.553. The topological polar surface area (TPSA) is 81.9 Å². The zero-order valence-corrected chi connectivity index (χ0v) is 15.2. The minimum absolute atomic E-state index is 0.0989. The highest BCUT2D eigenvalue weighted by Gasteiger charge is 2.34. The van der Waals surface area contributed by atoms with Crippen LogP contribution in [0.15, 0.2) is 42.5 Å². The van der Waals surface area contributed by atoms with Gasteiger partial charge in [-0.05, 0) is 12.1 Å². The average Bonchev–Trinajstić information content (AvgIpc) is 3.16. The lowest BCUT2D eigenvalue weighted by Crippen LogP contribution is -2.30. The molecule has 26 heavy (non-hydrogen) atoms. The predicted octanol–water partition coefficient (Wildman–Crippen LogP) is 3.50. The highest BCUT2D eigenvalue weighted by Crippen LogP contribution is 2.45. The third kappa shape index (κ3) is 3.32. The second kappa shape index (κ2) is 7.65. The van der Waals surface area contributed by atoms with Gasteiger partial charge in [0.2, 0.25) is 0 Å². The Kier molecular flexibility index (Phi) is 5.32. The number of benzene rings is 2. The summed E-state index contributed by atoms with van der Waals surface area (Å²) in [5.41, 5.74) is 1.04. The molecule has 1 aliphatic heterocycles. The van der Waals surface area contributed by atoms with E-state index < -0.39 is 4.92 Å². The molecule has 1 aliphatic rings. The van der Waals surface area contributed by atoms with Crippen molar-refractivity contribution in [2.75, 3.05) is 26.5 Å². The van der Waals surface area contributed by atoms with Crippen molar-refractivity contribution in [2.45, 2.75) is 5.37 Å². The Bertz CT molecular complexity index is 842. The van der Waals surface area contributed by atoms with Crippen LogP contribution in [0.5, 0.6) is 11.5 Å². The zero-order chi connectivity index (χ0) is 18.7. The fourth-order valence-corrected chi connectivity index (χ4v) is 4.23. The smallest absolute Gasteiger partial charge is 0.270 e. The number of nitro groups is 1. The maximum Gasteiger partial charge on any atom is 0.270 e. The van der Waals surface area contributed by atoms with E-state index in [2.05, 4.69) is 0 Å². The molecule has 0 radical (unpaired) electrons. The molecule has 0 N–H and O–H groups in total. The first kappa shape index (κ1) is 18.1. The van der Waals surface area contributed by atoms with Gasteiger partial charge >= 0.3 is 0 Å². The quantitative estimate of drug-likeness (QED) is 0.588. The van der Waals surface area contributed by atoms with E-state index in [1.165, 1.54) is 18.2 Å².